The molecule has 140 valence electrons. The average molecular weight is 368 g/mol. The number of aliphatic hydroxyl groups excluding tert-OH is 1. The Morgan fingerprint density at radius 3 is 2.52 bits per heavy atom. The summed E-state index contributed by atoms with van der Waals surface area (Å²) in [7, 11) is 0. The van der Waals surface area contributed by atoms with E-state index < -0.39 is 23.5 Å². The van der Waals surface area contributed by atoms with Gasteiger partial charge in [-0.25, -0.2) is 4.39 Å². The summed E-state index contributed by atoms with van der Waals surface area (Å²) in [6.07, 6.45) is 3.35. The maximum Gasteiger partial charge on any atom is 0.290 e. The molecule has 0 bridgehead atoms. The molecule has 1 aromatic heterocycles. The SMILES string of the molecule is CC(C)CC(=O)C1=C(O)C(=O)N(Cc2ccncc2)C1c1ccccc1F. The second-order valence-corrected chi connectivity index (χ2v) is 7.00. The maximum absolute atomic E-state index is 14.5. The van der Waals surface area contributed by atoms with Crippen LogP contribution in [0.4, 0.5) is 4.39 Å². The first-order valence-electron chi connectivity index (χ1n) is 8.80. The van der Waals surface area contributed by atoms with E-state index >= 15 is 0 Å². The number of halogens is 1. The molecule has 1 aliphatic heterocycles. The summed E-state index contributed by atoms with van der Waals surface area (Å²) in [4.78, 5) is 30.8. The van der Waals surface area contributed by atoms with Gasteiger partial charge in [0.1, 0.15) is 5.82 Å². The summed E-state index contributed by atoms with van der Waals surface area (Å²) < 4.78 is 14.5. The Morgan fingerprint density at radius 1 is 1.22 bits per heavy atom. The summed E-state index contributed by atoms with van der Waals surface area (Å²) >= 11 is 0. The minimum absolute atomic E-state index is 0.0344. The minimum atomic E-state index is -0.960. The number of hydrogen-bond donors (Lipinski definition) is 1. The highest BCUT2D eigenvalue weighted by atomic mass is 19.1. The molecular formula is C21H21FN2O3. The van der Waals surface area contributed by atoms with E-state index in [4.69, 9.17) is 0 Å². The fourth-order valence-electron chi connectivity index (χ4n) is 3.29. The second-order valence-electron chi connectivity index (χ2n) is 7.00. The molecule has 1 unspecified atom stereocenters. The Hall–Kier alpha value is -3.02. The standard InChI is InChI=1S/C21H21FN2O3/c1-13(2)11-17(25)18-19(15-5-3-4-6-16(15)22)24(21(27)20(18)26)12-14-7-9-23-10-8-14/h3-10,13,19,26H,11-12H2,1-2H3. The van der Waals surface area contributed by atoms with Crippen molar-refractivity contribution in [1.82, 2.24) is 9.88 Å². The van der Waals surface area contributed by atoms with Gasteiger partial charge in [0.2, 0.25) is 0 Å². The van der Waals surface area contributed by atoms with Crippen LogP contribution < -0.4 is 0 Å². The van der Waals surface area contributed by atoms with E-state index in [1.807, 2.05) is 13.8 Å². The van der Waals surface area contributed by atoms with Crippen molar-refractivity contribution in [2.75, 3.05) is 0 Å². The molecule has 0 aliphatic carbocycles. The molecule has 0 saturated carbocycles. The van der Waals surface area contributed by atoms with Crippen LogP contribution >= 0.6 is 0 Å². The molecule has 0 spiro atoms. The van der Waals surface area contributed by atoms with Crippen LogP contribution in [0.15, 0.2) is 60.1 Å². The number of pyridine rings is 1. The molecule has 1 amide bonds. The Morgan fingerprint density at radius 2 is 1.89 bits per heavy atom. The number of ketones is 1. The fourth-order valence-corrected chi connectivity index (χ4v) is 3.29. The lowest BCUT2D eigenvalue weighted by Crippen LogP contribution is -2.31. The highest BCUT2D eigenvalue weighted by Gasteiger charge is 2.44. The Bertz CT molecular complexity index is 893. The quantitative estimate of drug-likeness (QED) is 0.843. The second kappa shape index (κ2) is 7.70. The van der Waals surface area contributed by atoms with E-state index in [9.17, 15) is 19.1 Å². The first-order chi connectivity index (χ1) is 12.9. The van der Waals surface area contributed by atoms with Crippen LogP contribution in [0.2, 0.25) is 0 Å². The number of nitrogens with zero attached hydrogens (tertiary/aromatic N) is 2. The van der Waals surface area contributed by atoms with Crippen LogP contribution in [0.25, 0.3) is 0 Å². The Labute approximate surface area is 157 Å². The van der Waals surface area contributed by atoms with Gasteiger partial charge >= 0.3 is 0 Å². The van der Waals surface area contributed by atoms with Gasteiger partial charge in [0.05, 0.1) is 11.6 Å². The van der Waals surface area contributed by atoms with Crippen molar-refractivity contribution in [3.63, 3.8) is 0 Å². The van der Waals surface area contributed by atoms with Crippen LogP contribution in [-0.4, -0.2) is 26.7 Å². The number of rotatable bonds is 6. The van der Waals surface area contributed by atoms with Crippen molar-refractivity contribution >= 4 is 11.7 Å². The van der Waals surface area contributed by atoms with Crippen molar-refractivity contribution < 1.29 is 19.1 Å². The van der Waals surface area contributed by atoms with Crippen molar-refractivity contribution in [3.8, 4) is 0 Å². The molecule has 27 heavy (non-hydrogen) atoms. The van der Waals surface area contributed by atoms with Crippen molar-refractivity contribution in [1.29, 1.82) is 0 Å². The van der Waals surface area contributed by atoms with Gasteiger partial charge in [0.15, 0.2) is 11.5 Å². The summed E-state index contributed by atoms with van der Waals surface area (Å²) in [6.45, 7) is 3.88. The van der Waals surface area contributed by atoms with Gasteiger partial charge in [-0.15, -0.1) is 0 Å². The predicted octanol–water partition coefficient (Wildman–Crippen LogP) is 3.73. The van der Waals surface area contributed by atoms with E-state index in [-0.39, 0.29) is 35.8 Å². The number of benzene rings is 1. The topological polar surface area (TPSA) is 70.5 Å². The zero-order valence-corrected chi connectivity index (χ0v) is 15.2. The van der Waals surface area contributed by atoms with Gasteiger partial charge in [0.25, 0.3) is 5.91 Å². The van der Waals surface area contributed by atoms with Crippen LogP contribution in [0.1, 0.15) is 37.4 Å². The number of aromatic nitrogens is 1. The van der Waals surface area contributed by atoms with Crippen LogP contribution in [0.5, 0.6) is 0 Å². The molecule has 0 saturated heterocycles. The van der Waals surface area contributed by atoms with Crippen molar-refractivity contribution in [2.45, 2.75) is 32.9 Å². The van der Waals surface area contributed by atoms with Crippen LogP contribution in [0.3, 0.4) is 0 Å². The first kappa shape index (κ1) is 18.8. The van der Waals surface area contributed by atoms with Gasteiger partial charge in [-0.3, -0.25) is 14.6 Å². The Kier molecular flexibility index (Phi) is 5.35. The molecule has 5 nitrogen and oxygen atoms in total. The average Bonchev–Trinajstić information content (AvgIpc) is 2.87. The zero-order valence-electron chi connectivity index (χ0n) is 15.2. The summed E-state index contributed by atoms with van der Waals surface area (Å²) in [5.41, 5.74) is 0.925. The lowest BCUT2D eigenvalue weighted by Gasteiger charge is -2.27. The van der Waals surface area contributed by atoms with Gasteiger partial charge in [0, 0.05) is 30.9 Å². The third-order valence-electron chi connectivity index (χ3n) is 4.50. The Balaban J connectivity index is 2.07. The van der Waals surface area contributed by atoms with Crippen molar-refractivity contribution in [2.24, 2.45) is 5.92 Å². The van der Waals surface area contributed by atoms with Crippen LogP contribution in [-0.2, 0) is 16.1 Å². The molecule has 1 atom stereocenters. The molecule has 3 rings (SSSR count). The number of hydrogen-bond acceptors (Lipinski definition) is 4. The zero-order chi connectivity index (χ0) is 19.6. The summed E-state index contributed by atoms with van der Waals surface area (Å²) in [5, 5.41) is 10.4. The largest absolute Gasteiger partial charge is 0.503 e. The molecule has 6 heteroatoms. The van der Waals surface area contributed by atoms with E-state index in [0.29, 0.717) is 0 Å². The molecule has 1 aliphatic rings. The van der Waals surface area contributed by atoms with Crippen LogP contribution in [0, 0.1) is 11.7 Å². The smallest absolute Gasteiger partial charge is 0.290 e. The van der Waals surface area contributed by atoms with Crippen molar-refractivity contribution in [3.05, 3.63) is 77.1 Å². The van der Waals surface area contributed by atoms with Gasteiger partial charge < -0.3 is 10.0 Å². The monoisotopic (exact) mass is 368 g/mol. The lowest BCUT2D eigenvalue weighted by atomic mass is 9.92. The molecule has 1 aromatic carbocycles. The number of amides is 1. The van der Waals surface area contributed by atoms with Gasteiger partial charge in [-0.1, -0.05) is 32.0 Å². The summed E-state index contributed by atoms with van der Waals surface area (Å²) in [6, 6.07) is 8.51. The maximum atomic E-state index is 14.5. The highest BCUT2D eigenvalue weighted by molar-refractivity contribution is 6.09. The lowest BCUT2D eigenvalue weighted by molar-refractivity contribution is -0.130. The molecule has 0 radical (unpaired) electrons. The summed E-state index contributed by atoms with van der Waals surface area (Å²) in [5.74, 6) is -2.10. The third kappa shape index (κ3) is 3.74. The van der Waals surface area contributed by atoms with E-state index in [1.54, 1.807) is 36.7 Å². The fraction of sp³-hybridized carbons (Fsp3) is 0.286. The number of carbonyl (C=O) groups is 2. The number of carbonyl (C=O) groups excluding carboxylic acids is 2. The number of Topliss-reactive ketones (excluding diaryl/α,β-unsaturated/α-hetero) is 1. The molecule has 2 heterocycles. The third-order valence-corrected chi connectivity index (χ3v) is 4.50. The van der Waals surface area contributed by atoms with E-state index in [0.717, 1.165) is 5.56 Å². The highest BCUT2D eigenvalue weighted by Crippen LogP contribution is 2.40. The van der Waals surface area contributed by atoms with E-state index in [2.05, 4.69) is 4.98 Å². The molecular weight excluding hydrogens is 347 g/mol. The number of aliphatic hydroxyl groups is 1. The minimum Gasteiger partial charge on any atom is -0.503 e. The first-order valence-corrected chi connectivity index (χ1v) is 8.80. The molecule has 0 fully saturated rings. The predicted molar refractivity (Wildman–Crippen MR) is 98.0 cm³/mol. The normalized spacial score (nSPS) is 17.1. The van der Waals surface area contributed by atoms with E-state index in [1.165, 1.54) is 17.0 Å². The van der Waals surface area contributed by atoms with Gasteiger partial charge in [-0.05, 0) is 29.7 Å². The molecule has 2 aromatic rings. The van der Waals surface area contributed by atoms with Gasteiger partial charge in [-0.2, -0.15) is 0 Å². The molecule has 1 N–H and O–H groups in total.